The van der Waals surface area contributed by atoms with Crippen molar-refractivity contribution in [3.05, 3.63) is 53.6 Å². The maximum atomic E-state index is 12.2. The topological polar surface area (TPSA) is 67.4 Å². The molecule has 5 heteroatoms. The van der Waals surface area contributed by atoms with Crippen LogP contribution in [-0.2, 0) is 4.79 Å². The molecular weight excluding hydrogens is 280 g/mol. The first-order valence-corrected chi connectivity index (χ1v) is 6.83. The molecule has 0 saturated heterocycles. The van der Waals surface area contributed by atoms with Gasteiger partial charge in [-0.1, -0.05) is 6.07 Å². The molecule has 2 aromatic rings. The highest BCUT2D eigenvalue weighted by molar-refractivity contribution is 6.04. The summed E-state index contributed by atoms with van der Waals surface area (Å²) in [4.78, 5) is 23.3. The Balaban J connectivity index is 2.14. The van der Waals surface area contributed by atoms with Gasteiger partial charge in [0.15, 0.2) is 0 Å². The Hall–Kier alpha value is -2.82. The van der Waals surface area contributed by atoms with E-state index in [0.29, 0.717) is 17.0 Å². The lowest BCUT2D eigenvalue weighted by Crippen LogP contribution is -2.12. The average Bonchev–Trinajstić information content (AvgIpc) is 2.49. The van der Waals surface area contributed by atoms with E-state index < -0.39 is 0 Å². The first kappa shape index (κ1) is 15.6. The summed E-state index contributed by atoms with van der Waals surface area (Å²) in [6.45, 7) is 3.32. The lowest BCUT2D eigenvalue weighted by molar-refractivity contribution is -0.114. The summed E-state index contributed by atoms with van der Waals surface area (Å²) in [6.07, 6.45) is 0. The second-order valence-corrected chi connectivity index (χ2v) is 4.90. The molecule has 0 aliphatic rings. The molecule has 0 aliphatic carbocycles. The Morgan fingerprint density at radius 1 is 1.05 bits per heavy atom. The van der Waals surface area contributed by atoms with Crippen molar-refractivity contribution >= 4 is 23.2 Å². The monoisotopic (exact) mass is 298 g/mol. The van der Waals surface area contributed by atoms with Crippen LogP contribution >= 0.6 is 0 Å². The smallest absolute Gasteiger partial charge is 0.255 e. The predicted octanol–water partition coefficient (Wildman–Crippen LogP) is 3.21. The predicted molar refractivity (Wildman–Crippen MR) is 86.4 cm³/mol. The molecule has 0 heterocycles. The zero-order chi connectivity index (χ0) is 16.1. The Kier molecular flexibility index (Phi) is 4.78. The zero-order valence-corrected chi connectivity index (χ0v) is 12.8. The summed E-state index contributed by atoms with van der Waals surface area (Å²) >= 11 is 0. The fourth-order valence-electron chi connectivity index (χ4n) is 2.04. The number of hydrogen-bond donors (Lipinski definition) is 2. The molecule has 2 aromatic carbocycles. The van der Waals surface area contributed by atoms with Crippen molar-refractivity contribution in [2.75, 3.05) is 17.7 Å². The van der Waals surface area contributed by atoms with E-state index >= 15 is 0 Å². The quantitative estimate of drug-likeness (QED) is 0.910. The van der Waals surface area contributed by atoms with E-state index in [2.05, 4.69) is 10.6 Å². The van der Waals surface area contributed by atoms with Crippen LogP contribution in [0.2, 0.25) is 0 Å². The van der Waals surface area contributed by atoms with Gasteiger partial charge in [-0.25, -0.2) is 0 Å². The highest BCUT2D eigenvalue weighted by Crippen LogP contribution is 2.21. The second-order valence-electron chi connectivity index (χ2n) is 4.90. The van der Waals surface area contributed by atoms with E-state index in [1.165, 1.54) is 6.92 Å². The highest BCUT2D eigenvalue weighted by Gasteiger charge is 2.08. The largest absolute Gasteiger partial charge is 0.497 e. The Morgan fingerprint density at radius 2 is 1.82 bits per heavy atom. The molecule has 0 bridgehead atoms. The van der Waals surface area contributed by atoms with Gasteiger partial charge in [-0.2, -0.15) is 0 Å². The minimum Gasteiger partial charge on any atom is -0.497 e. The molecule has 0 spiro atoms. The Bertz CT molecular complexity index is 711. The minimum atomic E-state index is -0.217. The molecule has 0 radical (unpaired) electrons. The number of amides is 2. The molecule has 2 N–H and O–H groups in total. The van der Waals surface area contributed by atoms with Crippen LogP contribution in [0.5, 0.6) is 5.75 Å². The van der Waals surface area contributed by atoms with E-state index in [-0.39, 0.29) is 11.8 Å². The zero-order valence-electron chi connectivity index (χ0n) is 12.8. The summed E-state index contributed by atoms with van der Waals surface area (Å²) in [6, 6.07) is 12.3. The molecule has 0 aromatic heterocycles. The minimum absolute atomic E-state index is 0.128. The molecule has 0 unspecified atom stereocenters. The number of benzene rings is 2. The number of aryl methyl sites for hydroxylation is 1. The third kappa shape index (κ3) is 3.85. The van der Waals surface area contributed by atoms with Crippen molar-refractivity contribution in [2.24, 2.45) is 0 Å². The molecule has 0 aliphatic heterocycles. The summed E-state index contributed by atoms with van der Waals surface area (Å²) < 4.78 is 5.11. The van der Waals surface area contributed by atoms with E-state index in [1.807, 2.05) is 13.0 Å². The summed E-state index contributed by atoms with van der Waals surface area (Å²) in [5.41, 5.74) is 2.79. The number of carbonyl (C=O) groups excluding carboxylic acids is 2. The van der Waals surface area contributed by atoms with Gasteiger partial charge in [0.1, 0.15) is 5.75 Å². The third-order valence-electron chi connectivity index (χ3n) is 3.13. The SMILES string of the molecule is COc1cccc(C(=O)Nc2ccc(NC(C)=O)c(C)c2)c1. The van der Waals surface area contributed by atoms with Crippen LogP contribution in [0.25, 0.3) is 0 Å². The Labute approximate surface area is 129 Å². The van der Waals surface area contributed by atoms with Crippen molar-refractivity contribution in [1.29, 1.82) is 0 Å². The van der Waals surface area contributed by atoms with E-state index in [4.69, 9.17) is 4.74 Å². The van der Waals surface area contributed by atoms with Crippen molar-refractivity contribution in [2.45, 2.75) is 13.8 Å². The van der Waals surface area contributed by atoms with Crippen LogP contribution in [0, 0.1) is 6.92 Å². The van der Waals surface area contributed by atoms with Crippen molar-refractivity contribution in [1.82, 2.24) is 0 Å². The number of nitrogens with one attached hydrogen (secondary N) is 2. The second kappa shape index (κ2) is 6.76. The van der Waals surface area contributed by atoms with Gasteiger partial charge in [0.2, 0.25) is 5.91 Å². The molecule has 2 rings (SSSR count). The average molecular weight is 298 g/mol. The van der Waals surface area contributed by atoms with Crippen molar-refractivity contribution < 1.29 is 14.3 Å². The Morgan fingerprint density at radius 3 is 2.45 bits per heavy atom. The molecule has 22 heavy (non-hydrogen) atoms. The van der Waals surface area contributed by atoms with Gasteiger partial charge < -0.3 is 15.4 Å². The first-order valence-electron chi connectivity index (χ1n) is 6.83. The number of ether oxygens (including phenoxy) is 1. The van der Waals surface area contributed by atoms with Gasteiger partial charge >= 0.3 is 0 Å². The number of anilines is 2. The summed E-state index contributed by atoms with van der Waals surface area (Å²) in [5.74, 6) is 0.284. The van der Waals surface area contributed by atoms with E-state index in [1.54, 1.807) is 43.5 Å². The maximum absolute atomic E-state index is 12.2. The van der Waals surface area contributed by atoms with E-state index in [9.17, 15) is 9.59 Å². The van der Waals surface area contributed by atoms with Crippen LogP contribution in [-0.4, -0.2) is 18.9 Å². The molecular formula is C17H18N2O3. The normalized spacial score (nSPS) is 9.95. The summed E-state index contributed by atoms with van der Waals surface area (Å²) in [5, 5.41) is 5.56. The molecule has 5 nitrogen and oxygen atoms in total. The van der Waals surface area contributed by atoms with Crippen LogP contribution in [0.15, 0.2) is 42.5 Å². The van der Waals surface area contributed by atoms with Crippen LogP contribution < -0.4 is 15.4 Å². The van der Waals surface area contributed by atoms with Crippen molar-refractivity contribution in [3.63, 3.8) is 0 Å². The maximum Gasteiger partial charge on any atom is 0.255 e. The van der Waals surface area contributed by atoms with Gasteiger partial charge in [0, 0.05) is 23.9 Å². The fourth-order valence-corrected chi connectivity index (χ4v) is 2.04. The highest BCUT2D eigenvalue weighted by atomic mass is 16.5. The molecule has 114 valence electrons. The van der Waals surface area contributed by atoms with Gasteiger partial charge in [-0.15, -0.1) is 0 Å². The molecule has 0 saturated carbocycles. The van der Waals surface area contributed by atoms with Crippen LogP contribution in [0.1, 0.15) is 22.8 Å². The van der Waals surface area contributed by atoms with Gasteiger partial charge in [0.25, 0.3) is 5.91 Å². The van der Waals surface area contributed by atoms with Gasteiger partial charge in [-0.3, -0.25) is 9.59 Å². The third-order valence-corrected chi connectivity index (χ3v) is 3.13. The number of carbonyl (C=O) groups is 2. The molecule has 0 fully saturated rings. The van der Waals surface area contributed by atoms with Crippen LogP contribution in [0.3, 0.4) is 0 Å². The van der Waals surface area contributed by atoms with Crippen molar-refractivity contribution in [3.8, 4) is 5.75 Å². The lowest BCUT2D eigenvalue weighted by atomic mass is 10.1. The number of rotatable bonds is 4. The lowest BCUT2D eigenvalue weighted by Gasteiger charge is -2.10. The fraction of sp³-hybridized carbons (Fsp3) is 0.176. The molecule has 2 amide bonds. The van der Waals surface area contributed by atoms with Gasteiger partial charge in [0.05, 0.1) is 7.11 Å². The number of hydrogen-bond acceptors (Lipinski definition) is 3. The van der Waals surface area contributed by atoms with E-state index in [0.717, 1.165) is 11.3 Å². The first-order chi connectivity index (χ1) is 10.5. The standard InChI is InChI=1S/C17H18N2O3/c1-11-9-14(7-8-16(11)18-12(2)20)19-17(21)13-5-4-6-15(10-13)22-3/h4-10H,1-3H3,(H,18,20)(H,19,21). The number of methoxy groups -OCH3 is 1. The van der Waals surface area contributed by atoms with Crippen LogP contribution in [0.4, 0.5) is 11.4 Å². The summed E-state index contributed by atoms with van der Waals surface area (Å²) in [7, 11) is 1.56. The van der Waals surface area contributed by atoms with Gasteiger partial charge in [-0.05, 0) is 48.9 Å². The molecule has 0 atom stereocenters.